The highest BCUT2D eigenvalue weighted by Crippen LogP contribution is 2.19. The molecule has 0 fully saturated rings. The quantitative estimate of drug-likeness (QED) is 0.457. The summed E-state index contributed by atoms with van der Waals surface area (Å²) in [5.41, 5.74) is -0.300. The largest absolute Gasteiger partial charge is 0.311 e. The van der Waals surface area contributed by atoms with E-state index in [-0.39, 0.29) is 17.0 Å². The summed E-state index contributed by atoms with van der Waals surface area (Å²) >= 11 is -0.476. The van der Waals surface area contributed by atoms with Crippen LogP contribution in [0.4, 0.5) is 0 Å². The molecule has 6 heteroatoms. The van der Waals surface area contributed by atoms with Crippen molar-refractivity contribution in [3.8, 4) is 0 Å². The molecular formula is C14H29O4S2+. The van der Waals surface area contributed by atoms with Crippen molar-refractivity contribution in [3.63, 3.8) is 0 Å². The van der Waals surface area contributed by atoms with E-state index in [2.05, 4.69) is 0 Å². The molecule has 4 nitrogen and oxygen atoms in total. The molecule has 0 atom stereocenters. The molecule has 0 saturated heterocycles. The van der Waals surface area contributed by atoms with Crippen molar-refractivity contribution < 1.29 is 16.8 Å². The van der Waals surface area contributed by atoms with Crippen molar-refractivity contribution in [1.82, 2.24) is 0 Å². The zero-order chi connectivity index (χ0) is 15.8. The van der Waals surface area contributed by atoms with Crippen molar-refractivity contribution in [1.29, 1.82) is 0 Å². The summed E-state index contributed by atoms with van der Waals surface area (Å²) in [5, 5.41) is 0. The molecule has 0 aromatic rings. The SMILES string of the molecule is CC[S+](CC)OS(=O)(=O)CCCCCC(=O)C(C)(C)C. The van der Waals surface area contributed by atoms with Crippen LogP contribution in [0.2, 0.25) is 0 Å². The van der Waals surface area contributed by atoms with Crippen LogP contribution >= 0.6 is 0 Å². The molecule has 0 aromatic carbocycles. The lowest BCUT2D eigenvalue weighted by Crippen LogP contribution is -2.20. The molecule has 0 saturated carbocycles. The second kappa shape index (κ2) is 9.05. The number of Topliss-reactive ketones (excluding diaryl/α,β-unsaturated/α-hetero) is 1. The van der Waals surface area contributed by atoms with Crippen LogP contribution in [0.1, 0.15) is 60.3 Å². The van der Waals surface area contributed by atoms with E-state index in [1.807, 2.05) is 34.6 Å². The fourth-order valence-electron chi connectivity index (χ4n) is 1.60. The van der Waals surface area contributed by atoms with E-state index in [0.717, 1.165) is 24.3 Å². The third-order valence-corrected chi connectivity index (χ3v) is 6.65. The van der Waals surface area contributed by atoms with Crippen LogP contribution in [-0.4, -0.2) is 31.5 Å². The van der Waals surface area contributed by atoms with Crippen LogP contribution in [0.5, 0.6) is 0 Å². The molecule has 0 aliphatic rings. The standard InChI is InChI=1S/C14H29O4S2/c1-6-19(7-2)18-20(16,17)12-10-8-9-11-13(15)14(3,4)5/h6-12H2,1-5H3/q+1. The molecule has 0 aliphatic heterocycles. The van der Waals surface area contributed by atoms with Gasteiger partial charge in [0.1, 0.15) is 17.3 Å². The molecule has 0 N–H and O–H groups in total. The summed E-state index contributed by atoms with van der Waals surface area (Å²) in [4.78, 5) is 11.7. The summed E-state index contributed by atoms with van der Waals surface area (Å²) in [6, 6.07) is 0. The number of carbonyl (C=O) groups is 1. The van der Waals surface area contributed by atoms with E-state index in [1.165, 1.54) is 0 Å². The summed E-state index contributed by atoms with van der Waals surface area (Å²) in [6.45, 7) is 9.58. The van der Waals surface area contributed by atoms with Gasteiger partial charge in [0.2, 0.25) is 0 Å². The number of hydrogen-bond acceptors (Lipinski definition) is 4. The van der Waals surface area contributed by atoms with Gasteiger partial charge in [-0.05, 0) is 30.3 Å². The first-order valence-electron chi connectivity index (χ1n) is 7.25. The highest BCUT2D eigenvalue weighted by atomic mass is 32.3. The predicted octanol–water partition coefficient (Wildman–Crippen LogP) is 3.08. The third kappa shape index (κ3) is 8.97. The fraction of sp³-hybridized carbons (Fsp3) is 0.929. The zero-order valence-electron chi connectivity index (χ0n) is 13.4. The van der Waals surface area contributed by atoms with Gasteiger partial charge >= 0.3 is 10.1 Å². The van der Waals surface area contributed by atoms with Gasteiger partial charge in [-0.25, -0.2) is 0 Å². The lowest BCUT2D eigenvalue weighted by Gasteiger charge is -2.16. The van der Waals surface area contributed by atoms with Crippen molar-refractivity contribution in [2.24, 2.45) is 5.41 Å². The average molecular weight is 326 g/mol. The molecule has 0 heterocycles. The second-order valence-corrected chi connectivity index (χ2v) is 9.93. The van der Waals surface area contributed by atoms with E-state index in [0.29, 0.717) is 12.8 Å². The average Bonchev–Trinajstić information content (AvgIpc) is 2.34. The van der Waals surface area contributed by atoms with Gasteiger partial charge in [0.15, 0.2) is 11.2 Å². The molecule has 120 valence electrons. The molecule has 0 aliphatic carbocycles. The molecule has 20 heavy (non-hydrogen) atoms. The Morgan fingerprint density at radius 2 is 1.60 bits per heavy atom. The first kappa shape index (κ1) is 19.9. The minimum Gasteiger partial charge on any atom is -0.299 e. The van der Waals surface area contributed by atoms with Crippen molar-refractivity contribution in [2.45, 2.75) is 60.3 Å². The predicted molar refractivity (Wildman–Crippen MR) is 86.2 cm³/mol. The zero-order valence-corrected chi connectivity index (χ0v) is 15.0. The van der Waals surface area contributed by atoms with Gasteiger partial charge in [-0.1, -0.05) is 27.2 Å². The first-order chi connectivity index (χ1) is 9.12. The third-order valence-electron chi connectivity index (χ3n) is 2.98. The monoisotopic (exact) mass is 325 g/mol. The van der Waals surface area contributed by atoms with E-state index < -0.39 is 21.3 Å². The van der Waals surface area contributed by atoms with Gasteiger partial charge < -0.3 is 0 Å². The van der Waals surface area contributed by atoms with Gasteiger partial charge in [-0.2, -0.15) is 8.42 Å². The molecule has 0 bridgehead atoms. The van der Waals surface area contributed by atoms with Crippen LogP contribution in [0.3, 0.4) is 0 Å². The van der Waals surface area contributed by atoms with Crippen molar-refractivity contribution >= 4 is 27.1 Å². The molecule has 0 aromatic heterocycles. The topological polar surface area (TPSA) is 60.4 Å². The van der Waals surface area contributed by atoms with Crippen molar-refractivity contribution in [3.05, 3.63) is 0 Å². The Labute approximate surface area is 127 Å². The van der Waals surface area contributed by atoms with Gasteiger partial charge in [0, 0.05) is 11.8 Å². The number of ketones is 1. The molecule has 0 radical (unpaired) electrons. The van der Waals surface area contributed by atoms with E-state index in [4.69, 9.17) is 3.63 Å². The van der Waals surface area contributed by atoms with E-state index in [9.17, 15) is 13.2 Å². The highest BCUT2D eigenvalue weighted by Gasteiger charge is 2.25. The number of unbranched alkanes of at least 4 members (excludes halogenated alkanes) is 2. The number of hydrogen-bond donors (Lipinski definition) is 0. The maximum absolute atomic E-state index is 11.7. The number of rotatable bonds is 10. The Kier molecular flexibility index (Phi) is 9.02. The molecule has 0 spiro atoms. The van der Waals surface area contributed by atoms with Crippen LogP contribution < -0.4 is 0 Å². The van der Waals surface area contributed by atoms with Gasteiger partial charge in [0.25, 0.3) is 0 Å². The normalized spacial score (nSPS) is 12.9. The van der Waals surface area contributed by atoms with Crippen LogP contribution in [0, 0.1) is 5.41 Å². The minimum absolute atomic E-state index is 0.0558. The Morgan fingerprint density at radius 3 is 2.05 bits per heavy atom. The summed E-state index contributed by atoms with van der Waals surface area (Å²) in [5.74, 6) is 1.75. The molecule has 0 unspecified atom stereocenters. The maximum Gasteiger partial charge on any atom is 0.311 e. The molecular weight excluding hydrogens is 296 g/mol. The van der Waals surface area contributed by atoms with Crippen LogP contribution in [0.15, 0.2) is 0 Å². The maximum atomic E-state index is 11.7. The molecule has 0 rings (SSSR count). The lowest BCUT2D eigenvalue weighted by molar-refractivity contribution is -0.126. The highest BCUT2D eigenvalue weighted by molar-refractivity contribution is 8.02. The minimum atomic E-state index is -3.41. The number of carbonyl (C=O) groups excluding carboxylic acids is 1. The Balaban J connectivity index is 3.92. The van der Waals surface area contributed by atoms with Crippen LogP contribution in [-0.2, 0) is 29.7 Å². The van der Waals surface area contributed by atoms with Gasteiger partial charge in [0.05, 0.1) is 5.75 Å². The van der Waals surface area contributed by atoms with Crippen LogP contribution in [0.25, 0.3) is 0 Å². The van der Waals surface area contributed by atoms with Gasteiger partial charge in [-0.15, -0.1) is 0 Å². The second-order valence-electron chi connectivity index (χ2n) is 5.83. The Morgan fingerprint density at radius 1 is 1.05 bits per heavy atom. The smallest absolute Gasteiger partial charge is 0.299 e. The first-order valence-corrected chi connectivity index (χ1v) is 10.3. The van der Waals surface area contributed by atoms with Crippen molar-refractivity contribution in [2.75, 3.05) is 17.3 Å². The summed E-state index contributed by atoms with van der Waals surface area (Å²) < 4.78 is 28.6. The summed E-state index contributed by atoms with van der Waals surface area (Å²) in [6.07, 6.45) is 2.58. The fourth-order valence-corrected chi connectivity index (χ4v) is 4.78. The van der Waals surface area contributed by atoms with E-state index in [1.54, 1.807) is 0 Å². The summed E-state index contributed by atoms with van der Waals surface area (Å²) in [7, 11) is -3.41. The Hall–Kier alpha value is -0.0700. The van der Waals surface area contributed by atoms with E-state index >= 15 is 0 Å². The lowest BCUT2D eigenvalue weighted by atomic mass is 9.88. The Bertz CT molecular complexity index is 378. The van der Waals surface area contributed by atoms with Gasteiger partial charge in [-0.3, -0.25) is 4.79 Å². The molecule has 0 amide bonds.